The maximum Gasteiger partial charge on any atom is 0.115 e. The average molecular weight is 203 g/mol. The zero-order valence-corrected chi connectivity index (χ0v) is 8.33. The van der Waals surface area contributed by atoms with Crippen LogP contribution in [0.5, 0.6) is 0 Å². The van der Waals surface area contributed by atoms with Gasteiger partial charge in [-0.15, -0.1) is 0 Å². The summed E-state index contributed by atoms with van der Waals surface area (Å²) < 4.78 is 0. The van der Waals surface area contributed by atoms with E-state index in [2.05, 4.69) is 15.0 Å². The predicted octanol–water partition coefficient (Wildman–Crippen LogP) is 1.43. The highest BCUT2D eigenvalue weighted by atomic mass is 16.3. The molecule has 0 radical (unpaired) electrons. The molecule has 0 aliphatic heterocycles. The van der Waals surface area contributed by atoms with Crippen LogP contribution in [0.4, 0.5) is 0 Å². The highest BCUT2D eigenvalue weighted by Crippen LogP contribution is 2.46. The van der Waals surface area contributed by atoms with Gasteiger partial charge < -0.3 is 15.1 Å². The third kappa shape index (κ3) is 1.29. The van der Waals surface area contributed by atoms with Gasteiger partial charge in [0.05, 0.1) is 23.9 Å². The summed E-state index contributed by atoms with van der Waals surface area (Å²) in [6.07, 6.45) is 7.70. The summed E-state index contributed by atoms with van der Waals surface area (Å²) in [5.74, 6) is 0.918. The molecular formula is C11H13N3O. The zero-order valence-electron chi connectivity index (χ0n) is 8.33. The Balaban J connectivity index is 1.95. The first-order chi connectivity index (χ1) is 7.34. The number of hydrogen-bond acceptors (Lipinski definition) is 2. The normalized spacial score (nSPS) is 17.9. The van der Waals surface area contributed by atoms with E-state index in [1.165, 1.54) is 0 Å². The van der Waals surface area contributed by atoms with Crippen molar-refractivity contribution in [1.29, 1.82) is 0 Å². The molecule has 4 heteroatoms. The molecule has 0 unspecified atom stereocenters. The second-order valence-electron chi connectivity index (χ2n) is 4.18. The van der Waals surface area contributed by atoms with Crippen molar-refractivity contribution in [3.05, 3.63) is 30.5 Å². The summed E-state index contributed by atoms with van der Waals surface area (Å²) >= 11 is 0. The van der Waals surface area contributed by atoms with Crippen LogP contribution in [0.15, 0.2) is 24.7 Å². The van der Waals surface area contributed by atoms with Gasteiger partial charge in [-0.05, 0) is 18.9 Å². The van der Waals surface area contributed by atoms with Crippen molar-refractivity contribution in [2.75, 3.05) is 6.61 Å². The molecule has 0 atom stereocenters. The van der Waals surface area contributed by atoms with Crippen LogP contribution < -0.4 is 0 Å². The van der Waals surface area contributed by atoms with Gasteiger partial charge in [-0.2, -0.15) is 0 Å². The van der Waals surface area contributed by atoms with Crippen molar-refractivity contribution in [2.45, 2.75) is 18.3 Å². The summed E-state index contributed by atoms with van der Waals surface area (Å²) in [7, 11) is 0. The lowest BCUT2D eigenvalue weighted by Gasteiger charge is -2.06. The number of H-pyrrole nitrogens is 2. The first-order valence-corrected chi connectivity index (χ1v) is 5.14. The number of aliphatic hydroxyl groups excluding tert-OH is 1. The number of hydrogen-bond donors (Lipinski definition) is 3. The smallest absolute Gasteiger partial charge is 0.115 e. The molecule has 3 N–H and O–H groups in total. The van der Waals surface area contributed by atoms with Gasteiger partial charge in [-0.3, -0.25) is 0 Å². The van der Waals surface area contributed by atoms with Crippen molar-refractivity contribution < 1.29 is 5.11 Å². The van der Waals surface area contributed by atoms with Crippen LogP contribution in [0.3, 0.4) is 0 Å². The van der Waals surface area contributed by atoms with Crippen LogP contribution in [0, 0.1) is 0 Å². The van der Waals surface area contributed by atoms with E-state index < -0.39 is 0 Å². The molecule has 1 aliphatic rings. The first kappa shape index (κ1) is 8.73. The minimum Gasteiger partial charge on any atom is -0.395 e. The molecule has 4 nitrogen and oxygen atoms in total. The third-order valence-electron chi connectivity index (χ3n) is 3.14. The van der Waals surface area contributed by atoms with Crippen molar-refractivity contribution >= 4 is 0 Å². The Morgan fingerprint density at radius 2 is 2.33 bits per heavy atom. The van der Waals surface area contributed by atoms with Crippen LogP contribution in [0.25, 0.3) is 11.3 Å². The molecule has 1 aliphatic carbocycles. The lowest BCUT2D eigenvalue weighted by atomic mass is 10.1. The van der Waals surface area contributed by atoms with Gasteiger partial charge in [-0.25, -0.2) is 4.98 Å². The highest BCUT2D eigenvalue weighted by Gasteiger charge is 2.46. The predicted molar refractivity (Wildman–Crippen MR) is 56.4 cm³/mol. The lowest BCUT2D eigenvalue weighted by molar-refractivity contribution is 0.250. The van der Waals surface area contributed by atoms with E-state index in [1.54, 1.807) is 0 Å². The van der Waals surface area contributed by atoms with Gasteiger partial charge >= 0.3 is 0 Å². The molecule has 1 fully saturated rings. The maximum absolute atomic E-state index is 9.28. The quantitative estimate of drug-likeness (QED) is 0.706. The minimum absolute atomic E-state index is 0.0748. The number of aromatic nitrogens is 3. The zero-order chi connectivity index (χ0) is 10.3. The Morgan fingerprint density at radius 3 is 2.93 bits per heavy atom. The Morgan fingerprint density at radius 1 is 1.47 bits per heavy atom. The number of aromatic amines is 2. The second-order valence-corrected chi connectivity index (χ2v) is 4.18. The largest absolute Gasteiger partial charge is 0.395 e. The van der Waals surface area contributed by atoms with E-state index >= 15 is 0 Å². The fourth-order valence-corrected chi connectivity index (χ4v) is 1.85. The second kappa shape index (κ2) is 2.97. The van der Waals surface area contributed by atoms with Gasteiger partial charge in [0.1, 0.15) is 5.82 Å². The lowest BCUT2D eigenvalue weighted by Crippen LogP contribution is -2.13. The molecular weight excluding hydrogens is 190 g/mol. The molecule has 2 aromatic heterocycles. The summed E-state index contributed by atoms with van der Waals surface area (Å²) in [6, 6.07) is 2.00. The monoisotopic (exact) mass is 203 g/mol. The van der Waals surface area contributed by atoms with Crippen molar-refractivity contribution in [2.24, 2.45) is 0 Å². The molecule has 2 heterocycles. The van der Waals surface area contributed by atoms with Crippen LogP contribution in [-0.2, 0) is 5.41 Å². The number of nitrogens with zero attached hydrogens (tertiary/aromatic N) is 1. The van der Waals surface area contributed by atoms with E-state index in [0.29, 0.717) is 0 Å². The fourth-order valence-electron chi connectivity index (χ4n) is 1.85. The summed E-state index contributed by atoms with van der Waals surface area (Å²) in [4.78, 5) is 10.6. The molecule has 0 spiro atoms. The van der Waals surface area contributed by atoms with E-state index in [1.807, 2.05) is 24.7 Å². The van der Waals surface area contributed by atoms with Crippen molar-refractivity contribution in [1.82, 2.24) is 15.0 Å². The van der Waals surface area contributed by atoms with Crippen LogP contribution >= 0.6 is 0 Å². The molecule has 78 valence electrons. The highest BCUT2D eigenvalue weighted by molar-refractivity contribution is 5.57. The summed E-state index contributed by atoms with van der Waals surface area (Å²) in [5.41, 5.74) is 2.03. The van der Waals surface area contributed by atoms with E-state index in [4.69, 9.17) is 0 Å². The summed E-state index contributed by atoms with van der Waals surface area (Å²) in [5, 5.41) is 9.28. The van der Waals surface area contributed by atoms with Gasteiger partial charge in [0.2, 0.25) is 0 Å². The van der Waals surface area contributed by atoms with Gasteiger partial charge in [0, 0.05) is 18.0 Å². The molecule has 0 aromatic carbocycles. The van der Waals surface area contributed by atoms with Crippen molar-refractivity contribution in [3.8, 4) is 11.3 Å². The SMILES string of the molecule is OCC1(c2ncc(-c3cc[nH]c3)[nH]2)CC1. The molecule has 0 amide bonds. The molecule has 2 aromatic rings. The first-order valence-electron chi connectivity index (χ1n) is 5.14. The van der Waals surface area contributed by atoms with Gasteiger partial charge in [-0.1, -0.05) is 0 Å². The van der Waals surface area contributed by atoms with Crippen molar-refractivity contribution in [3.63, 3.8) is 0 Å². The topological polar surface area (TPSA) is 64.7 Å². The number of imidazole rings is 1. The van der Waals surface area contributed by atoms with E-state index in [9.17, 15) is 5.11 Å². The maximum atomic E-state index is 9.28. The molecule has 15 heavy (non-hydrogen) atoms. The number of rotatable bonds is 3. The standard InChI is InChI=1S/C11H13N3O/c15-7-11(2-3-11)10-13-6-9(14-10)8-1-4-12-5-8/h1,4-6,12,15H,2-3,7H2,(H,13,14). The Bertz CT molecular complexity index is 454. The Hall–Kier alpha value is -1.55. The van der Waals surface area contributed by atoms with Crippen LogP contribution in [0.1, 0.15) is 18.7 Å². The fraction of sp³-hybridized carbons (Fsp3) is 0.364. The third-order valence-corrected chi connectivity index (χ3v) is 3.14. The summed E-state index contributed by atoms with van der Waals surface area (Å²) in [6.45, 7) is 0.188. The minimum atomic E-state index is -0.0748. The Kier molecular flexibility index (Phi) is 1.73. The van der Waals surface area contributed by atoms with E-state index in [0.717, 1.165) is 29.9 Å². The molecule has 0 saturated heterocycles. The van der Waals surface area contributed by atoms with E-state index in [-0.39, 0.29) is 12.0 Å². The number of aliphatic hydroxyl groups is 1. The molecule has 3 rings (SSSR count). The number of nitrogens with one attached hydrogen (secondary N) is 2. The average Bonchev–Trinajstić information content (AvgIpc) is 2.74. The van der Waals surface area contributed by atoms with Crippen LogP contribution in [0.2, 0.25) is 0 Å². The Labute approximate surface area is 87.4 Å². The molecule has 0 bridgehead atoms. The van der Waals surface area contributed by atoms with Gasteiger partial charge in [0.15, 0.2) is 0 Å². The molecule has 1 saturated carbocycles. The van der Waals surface area contributed by atoms with Gasteiger partial charge in [0.25, 0.3) is 0 Å². The van der Waals surface area contributed by atoms with Crippen LogP contribution in [-0.4, -0.2) is 26.7 Å².